The third-order valence-corrected chi connectivity index (χ3v) is 3.57. The molecule has 1 amide bonds. The van der Waals surface area contributed by atoms with Gasteiger partial charge in [0.15, 0.2) is 0 Å². The number of nitro benzene ring substituents is 1. The van der Waals surface area contributed by atoms with E-state index >= 15 is 0 Å². The molecule has 2 aromatic carbocycles. The minimum atomic E-state index is -0.425. The molecule has 0 aliphatic carbocycles. The number of carbonyl (C=O) groups excluding carboxylic acids is 1. The van der Waals surface area contributed by atoms with Crippen molar-refractivity contribution in [2.24, 2.45) is 0 Å². The summed E-state index contributed by atoms with van der Waals surface area (Å²) in [5.41, 5.74) is 1.29. The standard InChI is InChI=1S/C16H16N2O4S/c1-11-9-14(7-8-15(11)18(20)21)22-13-5-3-12(4-6-13)17-16(19)10-23-2/h3-9H,10H2,1-2H3,(H,17,19). The lowest BCUT2D eigenvalue weighted by Gasteiger charge is -2.08. The van der Waals surface area contributed by atoms with Gasteiger partial charge in [-0.2, -0.15) is 11.8 Å². The van der Waals surface area contributed by atoms with E-state index in [1.165, 1.54) is 17.8 Å². The number of amides is 1. The lowest BCUT2D eigenvalue weighted by molar-refractivity contribution is -0.385. The SMILES string of the molecule is CSCC(=O)Nc1ccc(Oc2ccc([N+](=O)[O-])c(C)c2)cc1. The minimum Gasteiger partial charge on any atom is -0.457 e. The molecular weight excluding hydrogens is 316 g/mol. The molecule has 2 rings (SSSR count). The van der Waals surface area contributed by atoms with Crippen LogP contribution in [-0.4, -0.2) is 22.8 Å². The minimum absolute atomic E-state index is 0.0582. The summed E-state index contributed by atoms with van der Waals surface area (Å²) in [6.07, 6.45) is 1.86. The van der Waals surface area contributed by atoms with E-state index in [0.717, 1.165) is 0 Å². The van der Waals surface area contributed by atoms with Gasteiger partial charge in [0.25, 0.3) is 5.69 Å². The predicted octanol–water partition coefficient (Wildman–Crippen LogP) is 4.00. The summed E-state index contributed by atoms with van der Waals surface area (Å²) in [5, 5.41) is 13.6. The molecule has 0 saturated heterocycles. The van der Waals surface area contributed by atoms with Gasteiger partial charge in [0.05, 0.1) is 10.7 Å². The van der Waals surface area contributed by atoms with E-state index in [2.05, 4.69) is 5.32 Å². The maximum absolute atomic E-state index is 11.5. The van der Waals surface area contributed by atoms with Gasteiger partial charge < -0.3 is 10.1 Å². The Morgan fingerprint density at radius 2 is 1.87 bits per heavy atom. The number of nitro groups is 1. The topological polar surface area (TPSA) is 81.5 Å². The van der Waals surface area contributed by atoms with Crippen LogP contribution in [0, 0.1) is 17.0 Å². The van der Waals surface area contributed by atoms with Crippen LogP contribution >= 0.6 is 11.8 Å². The number of hydrogen-bond donors (Lipinski definition) is 1. The first-order valence-corrected chi connectivity index (χ1v) is 8.20. The van der Waals surface area contributed by atoms with Crippen molar-refractivity contribution in [2.45, 2.75) is 6.92 Å². The highest BCUT2D eigenvalue weighted by Crippen LogP contribution is 2.27. The summed E-state index contributed by atoms with van der Waals surface area (Å²) in [6, 6.07) is 11.5. The Balaban J connectivity index is 2.05. The summed E-state index contributed by atoms with van der Waals surface area (Å²) in [4.78, 5) is 21.9. The van der Waals surface area contributed by atoms with Crippen molar-refractivity contribution in [3.63, 3.8) is 0 Å². The van der Waals surface area contributed by atoms with Crippen LogP contribution in [0.5, 0.6) is 11.5 Å². The van der Waals surface area contributed by atoms with Gasteiger partial charge in [-0.1, -0.05) is 0 Å². The molecule has 1 N–H and O–H groups in total. The molecule has 0 saturated carbocycles. The van der Waals surface area contributed by atoms with Crippen molar-refractivity contribution in [3.8, 4) is 11.5 Å². The molecule has 0 aromatic heterocycles. The summed E-state index contributed by atoms with van der Waals surface area (Å²) < 4.78 is 5.66. The maximum atomic E-state index is 11.5. The fourth-order valence-corrected chi connectivity index (χ4v) is 2.30. The molecule has 0 spiro atoms. The number of hydrogen-bond acceptors (Lipinski definition) is 5. The van der Waals surface area contributed by atoms with Crippen LogP contribution in [0.25, 0.3) is 0 Å². The number of nitrogens with one attached hydrogen (secondary N) is 1. The molecule has 23 heavy (non-hydrogen) atoms. The third-order valence-electron chi connectivity index (χ3n) is 3.01. The third kappa shape index (κ3) is 4.72. The van der Waals surface area contributed by atoms with E-state index < -0.39 is 4.92 Å². The average Bonchev–Trinajstić information content (AvgIpc) is 2.49. The van der Waals surface area contributed by atoms with Gasteiger partial charge in [-0.05, 0) is 49.6 Å². The Bertz CT molecular complexity index is 717. The highest BCUT2D eigenvalue weighted by atomic mass is 32.2. The Labute approximate surface area is 138 Å². The summed E-state index contributed by atoms with van der Waals surface area (Å²) in [5.74, 6) is 1.45. The van der Waals surface area contributed by atoms with Crippen molar-refractivity contribution >= 4 is 29.0 Å². The van der Waals surface area contributed by atoms with Gasteiger partial charge in [-0.15, -0.1) is 0 Å². The van der Waals surface area contributed by atoms with E-state index in [1.54, 1.807) is 43.3 Å². The Hall–Kier alpha value is -2.54. The van der Waals surface area contributed by atoms with Crippen LogP contribution in [0.1, 0.15) is 5.56 Å². The molecule has 0 atom stereocenters. The molecule has 0 aliphatic rings. The fourth-order valence-electron chi connectivity index (χ4n) is 1.97. The first-order chi connectivity index (χ1) is 11.0. The second kappa shape index (κ2) is 7.64. The van der Waals surface area contributed by atoms with Crippen LogP contribution < -0.4 is 10.1 Å². The van der Waals surface area contributed by atoms with E-state index in [0.29, 0.717) is 28.5 Å². The number of aryl methyl sites for hydroxylation is 1. The first-order valence-electron chi connectivity index (χ1n) is 6.81. The number of ether oxygens (including phenoxy) is 1. The number of benzene rings is 2. The molecule has 2 aromatic rings. The normalized spacial score (nSPS) is 10.2. The van der Waals surface area contributed by atoms with Crippen LogP contribution in [0.2, 0.25) is 0 Å². The monoisotopic (exact) mass is 332 g/mol. The van der Waals surface area contributed by atoms with Crippen molar-refractivity contribution in [3.05, 3.63) is 58.1 Å². The highest BCUT2D eigenvalue weighted by Gasteiger charge is 2.11. The predicted molar refractivity (Wildman–Crippen MR) is 91.4 cm³/mol. The first kappa shape index (κ1) is 16.8. The van der Waals surface area contributed by atoms with Gasteiger partial charge in [-0.25, -0.2) is 0 Å². The summed E-state index contributed by atoms with van der Waals surface area (Å²) >= 11 is 1.45. The molecule has 120 valence electrons. The number of nitrogens with zero attached hydrogens (tertiary/aromatic N) is 1. The Morgan fingerprint density at radius 3 is 2.43 bits per heavy atom. The van der Waals surface area contributed by atoms with Gasteiger partial charge >= 0.3 is 0 Å². The Kier molecular flexibility index (Phi) is 5.59. The molecular formula is C16H16N2O4S. The fraction of sp³-hybridized carbons (Fsp3) is 0.188. The summed E-state index contributed by atoms with van der Waals surface area (Å²) in [7, 11) is 0. The smallest absolute Gasteiger partial charge is 0.272 e. The summed E-state index contributed by atoms with van der Waals surface area (Å²) in [6.45, 7) is 1.66. The molecule has 0 aliphatic heterocycles. The van der Waals surface area contributed by atoms with Crippen molar-refractivity contribution in [2.75, 3.05) is 17.3 Å². The van der Waals surface area contributed by atoms with Gasteiger partial charge in [0.2, 0.25) is 5.91 Å². The van der Waals surface area contributed by atoms with Crippen LogP contribution in [-0.2, 0) is 4.79 Å². The molecule has 6 nitrogen and oxygen atoms in total. The van der Waals surface area contributed by atoms with Gasteiger partial charge in [0.1, 0.15) is 11.5 Å². The number of thioether (sulfide) groups is 1. The number of anilines is 1. The Morgan fingerprint density at radius 1 is 1.22 bits per heavy atom. The van der Waals surface area contributed by atoms with Crippen LogP contribution in [0.4, 0.5) is 11.4 Å². The lowest BCUT2D eigenvalue weighted by atomic mass is 10.2. The van der Waals surface area contributed by atoms with E-state index in [4.69, 9.17) is 4.74 Å². The molecule has 7 heteroatoms. The molecule has 0 fully saturated rings. The second-order valence-electron chi connectivity index (χ2n) is 4.81. The van der Waals surface area contributed by atoms with E-state index in [9.17, 15) is 14.9 Å². The van der Waals surface area contributed by atoms with E-state index in [-0.39, 0.29) is 11.6 Å². The molecule has 0 radical (unpaired) electrons. The van der Waals surface area contributed by atoms with Crippen molar-refractivity contribution in [1.29, 1.82) is 0 Å². The van der Waals surface area contributed by atoms with Crippen molar-refractivity contribution < 1.29 is 14.5 Å². The highest BCUT2D eigenvalue weighted by molar-refractivity contribution is 7.99. The lowest BCUT2D eigenvalue weighted by Crippen LogP contribution is -2.13. The largest absolute Gasteiger partial charge is 0.457 e. The van der Waals surface area contributed by atoms with Crippen LogP contribution in [0.15, 0.2) is 42.5 Å². The molecule has 0 heterocycles. The van der Waals surface area contributed by atoms with Crippen molar-refractivity contribution in [1.82, 2.24) is 0 Å². The zero-order chi connectivity index (χ0) is 16.8. The van der Waals surface area contributed by atoms with Crippen LogP contribution in [0.3, 0.4) is 0 Å². The number of carbonyl (C=O) groups is 1. The number of rotatable bonds is 6. The maximum Gasteiger partial charge on any atom is 0.272 e. The quantitative estimate of drug-likeness (QED) is 0.639. The molecule has 0 unspecified atom stereocenters. The zero-order valence-corrected chi connectivity index (χ0v) is 13.6. The van der Waals surface area contributed by atoms with E-state index in [1.807, 2.05) is 6.26 Å². The molecule has 0 bridgehead atoms. The average molecular weight is 332 g/mol. The van der Waals surface area contributed by atoms with Gasteiger partial charge in [0, 0.05) is 17.3 Å². The second-order valence-corrected chi connectivity index (χ2v) is 5.68. The zero-order valence-electron chi connectivity index (χ0n) is 12.7. The van der Waals surface area contributed by atoms with Gasteiger partial charge in [-0.3, -0.25) is 14.9 Å².